The van der Waals surface area contributed by atoms with Gasteiger partial charge in [-0.05, 0) is 27.4 Å². The number of halogens is 1. The Hall–Kier alpha value is -1.96. The summed E-state index contributed by atoms with van der Waals surface area (Å²) in [5, 5.41) is 22.4. The van der Waals surface area contributed by atoms with Crippen LogP contribution in [0.2, 0.25) is 0 Å². The number of nitrogens with zero attached hydrogens (tertiary/aromatic N) is 1. The predicted octanol–water partition coefficient (Wildman–Crippen LogP) is 2.65. The van der Waals surface area contributed by atoms with Crippen molar-refractivity contribution in [2.75, 3.05) is 5.32 Å². The number of amides is 1. The van der Waals surface area contributed by atoms with Crippen molar-refractivity contribution < 1.29 is 19.6 Å². The van der Waals surface area contributed by atoms with E-state index < -0.39 is 34.1 Å². The average Bonchev–Trinajstić information content (AvgIpc) is 2.95. The Labute approximate surface area is 128 Å². The topological polar surface area (TPSA) is 110 Å². The number of non-ortho nitro benzene ring substituents is 1. The molecule has 0 aliphatic heterocycles. The molecule has 2 N–H and O–H groups in total. The first-order chi connectivity index (χ1) is 9.66. The quantitative estimate of drug-likeness (QED) is 0.636. The molecule has 7 nitrogen and oxygen atoms in total. The van der Waals surface area contributed by atoms with Crippen LogP contribution < -0.4 is 5.32 Å². The number of hydrogen-bond donors (Lipinski definition) is 2. The third-order valence-corrected chi connectivity index (χ3v) is 4.49. The lowest BCUT2D eigenvalue weighted by atomic mass is 10.1. The zero-order valence-corrected chi connectivity index (χ0v) is 12.9. The molecule has 21 heavy (non-hydrogen) atoms. The Morgan fingerprint density at radius 2 is 2.00 bits per heavy atom. The number of benzene rings is 1. The molecule has 2 atom stereocenters. The molecular formula is C13H13BrN2O5. The van der Waals surface area contributed by atoms with E-state index in [2.05, 4.69) is 21.2 Å². The molecule has 1 aromatic rings. The second-order valence-electron chi connectivity index (χ2n) is 5.53. The first-order valence-corrected chi connectivity index (χ1v) is 6.93. The molecule has 0 aromatic heterocycles. The minimum Gasteiger partial charge on any atom is -0.481 e. The van der Waals surface area contributed by atoms with E-state index in [-0.39, 0.29) is 11.4 Å². The van der Waals surface area contributed by atoms with Crippen LogP contribution in [0.1, 0.15) is 13.8 Å². The number of carboxylic acids is 1. The fourth-order valence-electron chi connectivity index (χ4n) is 2.52. The number of rotatable bonds is 4. The summed E-state index contributed by atoms with van der Waals surface area (Å²) >= 11 is 3.20. The van der Waals surface area contributed by atoms with Gasteiger partial charge in [0, 0.05) is 16.6 Å². The molecule has 1 aliphatic carbocycles. The third kappa shape index (κ3) is 2.76. The van der Waals surface area contributed by atoms with Crippen LogP contribution in [0, 0.1) is 27.4 Å². The number of carbonyl (C=O) groups excluding carboxylic acids is 1. The van der Waals surface area contributed by atoms with Gasteiger partial charge in [-0.2, -0.15) is 0 Å². The highest BCUT2D eigenvalue weighted by molar-refractivity contribution is 9.10. The van der Waals surface area contributed by atoms with Gasteiger partial charge in [0.15, 0.2) is 0 Å². The van der Waals surface area contributed by atoms with Crippen LogP contribution in [0.25, 0.3) is 0 Å². The molecule has 0 saturated heterocycles. The molecule has 1 saturated carbocycles. The maximum atomic E-state index is 12.2. The second-order valence-corrected chi connectivity index (χ2v) is 6.38. The zero-order valence-electron chi connectivity index (χ0n) is 11.3. The highest BCUT2D eigenvalue weighted by atomic mass is 79.9. The lowest BCUT2D eigenvalue weighted by Crippen LogP contribution is -2.18. The number of aliphatic carboxylic acids is 1. The molecule has 1 amide bonds. The predicted molar refractivity (Wildman–Crippen MR) is 77.8 cm³/mol. The fraction of sp³-hybridized carbons (Fsp3) is 0.385. The zero-order chi connectivity index (χ0) is 15.9. The van der Waals surface area contributed by atoms with Gasteiger partial charge in [-0.15, -0.1) is 0 Å². The number of anilines is 1. The van der Waals surface area contributed by atoms with Gasteiger partial charge in [-0.1, -0.05) is 13.8 Å². The van der Waals surface area contributed by atoms with Crippen LogP contribution >= 0.6 is 15.9 Å². The van der Waals surface area contributed by atoms with Gasteiger partial charge >= 0.3 is 5.97 Å². The van der Waals surface area contributed by atoms with E-state index >= 15 is 0 Å². The first-order valence-electron chi connectivity index (χ1n) is 6.14. The third-order valence-electron chi connectivity index (χ3n) is 3.79. The van der Waals surface area contributed by atoms with Crippen LogP contribution in [0.5, 0.6) is 0 Å². The largest absolute Gasteiger partial charge is 0.481 e. The maximum absolute atomic E-state index is 12.2. The molecule has 2 rings (SSSR count). The Morgan fingerprint density at radius 3 is 2.48 bits per heavy atom. The first kappa shape index (κ1) is 15.4. The van der Waals surface area contributed by atoms with Crippen molar-refractivity contribution in [2.24, 2.45) is 17.3 Å². The molecule has 0 radical (unpaired) electrons. The highest BCUT2D eigenvalue weighted by Crippen LogP contribution is 2.58. The Kier molecular flexibility index (Phi) is 3.75. The van der Waals surface area contributed by atoms with E-state index in [0.29, 0.717) is 4.47 Å². The molecule has 112 valence electrons. The van der Waals surface area contributed by atoms with E-state index in [9.17, 15) is 19.7 Å². The Bertz CT molecular complexity index is 643. The van der Waals surface area contributed by atoms with Crippen molar-refractivity contribution in [1.82, 2.24) is 0 Å². The summed E-state index contributed by atoms with van der Waals surface area (Å²) in [6, 6.07) is 3.99. The van der Waals surface area contributed by atoms with E-state index in [1.54, 1.807) is 13.8 Å². The SMILES string of the molecule is CC1(C)[C@H](C(=O)O)[C@@H]1C(=O)Nc1cc([N+](=O)[O-])ccc1Br. The summed E-state index contributed by atoms with van der Waals surface area (Å²) in [4.78, 5) is 33.4. The van der Waals surface area contributed by atoms with E-state index in [1.807, 2.05) is 0 Å². The van der Waals surface area contributed by atoms with Gasteiger partial charge in [0.25, 0.3) is 5.69 Å². The van der Waals surface area contributed by atoms with Gasteiger partial charge in [0.05, 0.1) is 22.4 Å². The molecule has 0 heterocycles. The number of hydrogen-bond acceptors (Lipinski definition) is 4. The Morgan fingerprint density at radius 1 is 1.38 bits per heavy atom. The monoisotopic (exact) mass is 356 g/mol. The van der Waals surface area contributed by atoms with Gasteiger partial charge < -0.3 is 10.4 Å². The molecule has 1 aliphatic rings. The van der Waals surface area contributed by atoms with E-state index in [4.69, 9.17) is 5.11 Å². The van der Waals surface area contributed by atoms with Crippen LogP contribution in [-0.4, -0.2) is 21.9 Å². The van der Waals surface area contributed by atoms with Crippen molar-refractivity contribution >= 4 is 39.2 Å². The van der Waals surface area contributed by atoms with Gasteiger partial charge in [-0.25, -0.2) is 0 Å². The van der Waals surface area contributed by atoms with Gasteiger partial charge in [0.1, 0.15) is 0 Å². The summed E-state index contributed by atoms with van der Waals surface area (Å²) in [5.41, 5.74) is -0.525. The molecule has 1 aromatic carbocycles. The number of nitro benzene ring substituents is 1. The van der Waals surface area contributed by atoms with Crippen molar-refractivity contribution in [3.8, 4) is 0 Å². The van der Waals surface area contributed by atoms with Crippen LogP contribution in [0.15, 0.2) is 22.7 Å². The van der Waals surface area contributed by atoms with Crippen molar-refractivity contribution in [1.29, 1.82) is 0 Å². The smallest absolute Gasteiger partial charge is 0.307 e. The summed E-state index contributed by atoms with van der Waals surface area (Å²) in [6.45, 7) is 3.41. The summed E-state index contributed by atoms with van der Waals surface area (Å²) in [5.74, 6) is -2.86. The molecule has 8 heteroatoms. The van der Waals surface area contributed by atoms with E-state index in [1.165, 1.54) is 18.2 Å². The van der Waals surface area contributed by atoms with Crippen molar-refractivity contribution in [2.45, 2.75) is 13.8 Å². The molecule has 1 fully saturated rings. The van der Waals surface area contributed by atoms with E-state index in [0.717, 1.165) is 0 Å². The maximum Gasteiger partial charge on any atom is 0.307 e. The molecule has 0 spiro atoms. The normalized spacial score (nSPS) is 22.4. The molecule has 0 unspecified atom stereocenters. The number of carbonyl (C=O) groups is 2. The lowest BCUT2D eigenvalue weighted by molar-refractivity contribution is -0.384. The summed E-state index contributed by atoms with van der Waals surface area (Å²) < 4.78 is 0.492. The van der Waals surface area contributed by atoms with Crippen LogP contribution in [0.4, 0.5) is 11.4 Å². The minimum absolute atomic E-state index is 0.154. The van der Waals surface area contributed by atoms with Crippen LogP contribution in [0.3, 0.4) is 0 Å². The highest BCUT2D eigenvalue weighted by Gasteiger charge is 2.65. The van der Waals surface area contributed by atoms with Crippen LogP contribution in [-0.2, 0) is 9.59 Å². The molecule has 0 bridgehead atoms. The minimum atomic E-state index is -1.02. The number of nitro groups is 1. The van der Waals surface area contributed by atoms with Crippen molar-refractivity contribution in [3.05, 3.63) is 32.8 Å². The van der Waals surface area contributed by atoms with Gasteiger partial charge in [-0.3, -0.25) is 19.7 Å². The number of nitrogens with one attached hydrogen (secondary N) is 1. The van der Waals surface area contributed by atoms with Crippen molar-refractivity contribution in [3.63, 3.8) is 0 Å². The molecular weight excluding hydrogens is 344 g/mol. The lowest BCUT2D eigenvalue weighted by Gasteiger charge is -2.08. The second kappa shape index (κ2) is 5.10. The summed E-state index contributed by atoms with van der Waals surface area (Å²) in [7, 11) is 0. The summed E-state index contributed by atoms with van der Waals surface area (Å²) in [6.07, 6.45) is 0. The number of carboxylic acid groups (broad SMARTS) is 1. The van der Waals surface area contributed by atoms with Gasteiger partial charge in [0.2, 0.25) is 5.91 Å². The Balaban J connectivity index is 2.20. The fourth-order valence-corrected chi connectivity index (χ4v) is 2.87. The standard InChI is InChI=1S/C13H13BrN2O5/c1-13(2)9(10(13)12(18)19)11(17)15-8-5-6(16(20)21)3-4-7(8)14/h3-5,9-10H,1-2H3,(H,15,17)(H,18,19)/t9-,10+/m1/s1. The average molecular weight is 357 g/mol.